The third-order valence-corrected chi connectivity index (χ3v) is 2.57. The molecule has 0 saturated carbocycles. The van der Waals surface area contributed by atoms with Gasteiger partial charge >= 0.3 is 0 Å². The van der Waals surface area contributed by atoms with Crippen LogP contribution in [0.4, 0.5) is 0 Å². The zero-order valence-electron chi connectivity index (χ0n) is 4.44. The van der Waals surface area contributed by atoms with Gasteiger partial charge in [0.05, 0.1) is 6.16 Å². The lowest BCUT2D eigenvalue weighted by Gasteiger charge is -2.00. The summed E-state index contributed by atoms with van der Waals surface area (Å²) in [6, 6.07) is 0. The molecule has 0 spiro atoms. The molecule has 0 aromatic carbocycles. The van der Waals surface area contributed by atoms with Gasteiger partial charge in [-0.1, -0.05) is 0 Å². The summed E-state index contributed by atoms with van der Waals surface area (Å²) < 4.78 is 19.8. The minimum absolute atomic E-state index is 0.487. The molecule has 7 heteroatoms. The van der Waals surface area contributed by atoms with Crippen molar-refractivity contribution in [2.45, 2.75) is 5.85 Å². The molecule has 0 aliphatic heterocycles. The van der Waals surface area contributed by atoms with Crippen molar-refractivity contribution in [2.24, 2.45) is 0 Å². The van der Waals surface area contributed by atoms with Gasteiger partial charge in [-0.05, 0) is 0 Å². The van der Waals surface area contributed by atoms with Crippen molar-refractivity contribution in [3.8, 4) is 0 Å². The number of hydrogen-bond acceptors (Lipinski definition) is 3. The number of aliphatic hydroxyl groups excluding tert-OH is 1. The van der Waals surface area contributed by atoms with Gasteiger partial charge in [0.1, 0.15) is 5.85 Å². The van der Waals surface area contributed by atoms with E-state index in [4.69, 9.17) is 14.9 Å². The maximum Gasteiger partial charge on any atom is 0.217 e. The van der Waals surface area contributed by atoms with Crippen LogP contribution in [0.5, 0.6) is 0 Å². The number of aliphatic hydroxyl groups is 1. The molecule has 0 heterocycles. The Bertz CT molecular complexity index is 133. The molecule has 0 radical (unpaired) electrons. The van der Waals surface area contributed by atoms with E-state index in [2.05, 4.69) is 0 Å². The Morgan fingerprint density at radius 1 is 1.33 bits per heavy atom. The first-order valence-electron chi connectivity index (χ1n) is 2.16. The van der Waals surface area contributed by atoms with Gasteiger partial charge in [0.25, 0.3) is 0 Å². The minimum Gasteiger partial charge on any atom is -0.383 e. The highest BCUT2D eigenvalue weighted by molar-refractivity contribution is 7.43. The van der Waals surface area contributed by atoms with Crippen LogP contribution in [0.2, 0.25) is 0 Å². The highest BCUT2D eigenvalue weighted by atomic mass is 31.1. The van der Waals surface area contributed by atoms with Crippen molar-refractivity contribution in [1.29, 1.82) is 0 Å². The molecule has 3 N–H and O–H groups in total. The third kappa shape index (κ3) is 4.82. The summed E-state index contributed by atoms with van der Waals surface area (Å²) in [5.74, 6) is -1.52. The summed E-state index contributed by atoms with van der Waals surface area (Å²) in [6.45, 7) is 0. The predicted molar refractivity (Wildman–Crippen MR) is 33.3 cm³/mol. The van der Waals surface area contributed by atoms with Crippen LogP contribution >= 0.6 is 16.1 Å². The van der Waals surface area contributed by atoms with Crippen LogP contribution in [-0.4, -0.2) is 26.9 Å². The minimum atomic E-state index is -3.04. The quantitative estimate of drug-likeness (QED) is 0.488. The molecule has 56 valence electrons. The highest BCUT2D eigenvalue weighted by Crippen LogP contribution is 2.27. The van der Waals surface area contributed by atoms with Crippen molar-refractivity contribution < 1.29 is 24.0 Å². The molecule has 9 heavy (non-hydrogen) atoms. The van der Waals surface area contributed by atoms with Crippen molar-refractivity contribution in [3.63, 3.8) is 0 Å². The van der Waals surface area contributed by atoms with Gasteiger partial charge in [-0.2, -0.15) is 0 Å². The molecule has 5 nitrogen and oxygen atoms in total. The van der Waals surface area contributed by atoms with Crippen LogP contribution in [-0.2, 0) is 9.13 Å². The molecular weight excluding hydrogens is 166 g/mol. The predicted octanol–water partition coefficient (Wildman–Crippen LogP) is -0.761. The first-order valence-corrected chi connectivity index (χ1v) is 5.16. The molecule has 0 aromatic rings. The van der Waals surface area contributed by atoms with Gasteiger partial charge in [-0.15, -0.1) is 0 Å². The van der Waals surface area contributed by atoms with Gasteiger partial charge in [-0.25, -0.2) is 0 Å². The van der Waals surface area contributed by atoms with Crippen molar-refractivity contribution >= 4 is 16.1 Å². The molecule has 0 aromatic heterocycles. The summed E-state index contributed by atoms with van der Waals surface area (Å²) in [5, 5.41) is 8.45. The second-order valence-corrected chi connectivity index (χ2v) is 3.99. The maximum absolute atomic E-state index is 9.94. The van der Waals surface area contributed by atoms with Gasteiger partial charge in [0, 0.05) is 0 Å². The van der Waals surface area contributed by atoms with E-state index in [0.29, 0.717) is 0 Å². The number of hydrogen-bond donors (Lipinski definition) is 3. The van der Waals surface area contributed by atoms with E-state index in [0.717, 1.165) is 0 Å². The largest absolute Gasteiger partial charge is 0.383 e. The Kier molecular flexibility index (Phi) is 4.36. The van der Waals surface area contributed by atoms with E-state index in [1.165, 1.54) is 0 Å². The van der Waals surface area contributed by atoms with E-state index >= 15 is 0 Å². The maximum atomic E-state index is 9.94. The van der Waals surface area contributed by atoms with E-state index in [9.17, 15) is 9.13 Å². The molecular formula is C2H8O5P2. The molecule has 0 aliphatic carbocycles. The van der Waals surface area contributed by atoms with Crippen LogP contribution < -0.4 is 0 Å². The van der Waals surface area contributed by atoms with E-state index in [-0.39, 0.29) is 0 Å². The Balaban J connectivity index is 3.63. The Labute approximate surface area is 53.1 Å². The zero-order valence-corrected chi connectivity index (χ0v) is 6.44. The summed E-state index contributed by atoms with van der Waals surface area (Å²) in [6.07, 6.45) is -0.487. The fourth-order valence-electron chi connectivity index (χ4n) is 0.253. The Morgan fingerprint density at radius 2 is 1.78 bits per heavy atom. The Morgan fingerprint density at radius 3 is 1.89 bits per heavy atom. The van der Waals surface area contributed by atoms with Gasteiger partial charge in [-0.3, -0.25) is 9.13 Å². The van der Waals surface area contributed by atoms with Gasteiger partial charge in [0.2, 0.25) is 8.03 Å². The SMILES string of the molecule is O=[PH](O)CC(O)[PH](=O)O. The molecule has 0 aliphatic rings. The summed E-state index contributed by atoms with van der Waals surface area (Å²) in [7, 11) is -5.85. The summed E-state index contributed by atoms with van der Waals surface area (Å²) in [5.41, 5.74) is 0. The Hall–Kier alpha value is 0.340. The average Bonchev–Trinajstić information content (AvgIpc) is 1.63. The lowest BCUT2D eigenvalue weighted by Crippen LogP contribution is -2.02. The molecule has 0 fully saturated rings. The van der Waals surface area contributed by atoms with Crippen LogP contribution in [0.1, 0.15) is 0 Å². The van der Waals surface area contributed by atoms with Crippen molar-refractivity contribution in [3.05, 3.63) is 0 Å². The molecule has 0 bridgehead atoms. The van der Waals surface area contributed by atoms with Crippen LogP contribution in [0.15, 0.2) is 0 Å². The van der Waals surface area contributed by atoms with Crippen molar-refractivity contribution in [2.75, 3.05) is 6.16 Å². The summed E-state index contributed by atoms with van der Waals surface area (Å²) >= 11 is 0. The lowest BCUT2D eigenvalue weighted by molar-refractivity contribution is 0.256. The summed E-state index contributed by atoms with van der Waals surface area (Å²) in [4.78, 5) is 16.3. The van der Waals surface area contributed by atoms with Gasteiger partial charge < -0.3 is 14.9 Å². The second kappa shape index (κ2) is 4.20. The second-order valence-electron chi connectivity index (χ2n) is 1.45. The standard InChI is InChI=1S/C2H8O5P2/c3-2(9(6)7)1-8(4)5/h2-3,8-9H,1H2,(H,4,5)(H,6,7). The first kappa shape index (κ1) is 9.34. The van der Waals surface area contributed by atoms with Crippen LogP contribution in [0.25, 0.3) is 0 Å². The topological polar surface area (TPSA) is 94.8 Å². The van der Waals surface area contributed by atoms with E-state index < -0.39 is 28.1 Å². The van der Waals surface area contributed by atoms with E-state index in [1.807, 2.05) is 0 Å². The molecule has 0 saturated heterocycles. The van der Waals surface area contributed by atoms with Crippen LogP contribution in [0.3, 0.4) is 0 Å². The molecule has 3 atom stereocenters. The molecule has 0 rings (SSSR count). The van der Waals surface area contributed by atoms with Gasteiger partial charge in [0.15, 0.2) is 8.03 Å². The first-order chi connectivity index (χ1) is 4.04. The lowest BCUT2D eigenvalue weighted by atomic mass is 10.9. The van der Waals surface area contributed by atoms with Crippen LogP contribution in [0, 0.1) is 0 Å². The number of rotatable bonds is 3. The fraction of sp³-hybridized carbons (Fsp3) is 1.00. The monoisotopic (exact) mass is 174 g/mol. The molecule has 0 amide bonds. The van der Waals surface area contributed by atoms with E-state index in [1.54, 1.807) is 0 Å². The third-order valence-electron chi connectivity index (χ3n) is 0.653. The average molecular weight is 174 g/mol. The smallest absolute Gasteiger partial charge is 0.217 e. The normalized spacial score (nSPS) is 20.8. The van der Waals surface area contributed by atoms with Crippen molar-refractivity contribution in [1.82, 2.24) is 0 Å². The fourth-order valence-corrected chi connectivity index (χ4v) is 1.81. The molecule has 3 unspecified atom stereocenters. The highest BCUT2D eigenvalue weighted by Gasteiger charge is 2.11. The zero-order chi connectivity index (χ0) is 7.44.